The van der Waals surface area contributed by atoms with Gasteiger partial charge in [0.05, 0.1) is 23.1 Å². The highest BCUT2D eigenvalue weighted by Crippen LogP contribution is 2.32. The number of nitrogen functional groups attached to an aromatic ring is 1. The van der Waals surface area contributed by atoms with Crippen LogP contribution in [-0.2, 0) is 4.79 Å². The molecule has 0 bridgehead atoms. The van der Waals surface area contributed by atoms with E-state index in [1.165, 1.54) is 6.33 Å². The van der Waals surface area contributed by atoms with Crippen LogP contribution in [0.5, 0.6) is 0 Å². The number of hydrogen-bond acceptors (Lipinski definition) is 8. The standard InChI is InChI=1S/C18H19ClN8O/c1-10(24-18-23-9-22-17(20)26-18)12-7-11-3-2-4-13(19)15(11)25-16(12)27-6-5-21-14(28)8-27/h2-4,7,9-10H,5-6,8H2,1H3,(H,21,28)(H3,20,22,23,24,26). The highest BCUT2D eigenvalue weighted by Gasteiger charge is 2.24. The average Bonchev–Trinajstić information content (AvgIpc) is 2.67. The molecule has 9 nitrogen and oxygen atoms in total. The Morgan fingerprint density at radius 1 is 1.32 bits per heavy atom. The number of nitrogens with zero attached hydrogens (tertiary/aromatic N) is 5. The van der Waals surface area contributed by atoms with E-state index < -0.39 is 0 Å². The van der Waals surface area contributed by atoms with Crippen LogP contribution < -0.4 is 21.3 Å². The van der Waals surface area contributed by atoms with Crippen molar-refractivity contribution in [2.75, 3.05) is 35.6 Å². The molecule has 28 heavy (non-hydrogen) atoms. The van der Waals surface area contributed by atoms with Crippen LogP contribution in [0.3, 0.4) is 0 Å². The van der Waals surface area contributed by atoms with Gasteiger partial charge in [-0.2, -0.15) is 4.98 Å². The number of carbonyl (C=O) groups excluding carboxylic acids is 1. The molecule has 4 N–H and O–H groups in total. The molecule has 2 aromatic heterocycles. The summed E-state index contributed by atoms with van der Waals surface area (Å²) in [5, 5.41) is 7.54. The van der Waals surface area contributed by atoms with Crippen molar-refractivity contribution < 1.29 is 4.79 Å². The van der Waals surface area contributed by atoms with E-state index in [2.05, 4.69) is 25.6 Å². The molecule has 3 heterocycles. The van der Waals surface area contributed by atoms with Crippen molar-refractivity contribution in [3.8, 4) is 0 Å². The Bertz CT molecular complexity index is 1040. The van der Waals surface area contributed by atoms with Gasteiger partial charge in [0.2, 0.25) is 17.8 Å². The quantitative estimate of drug-likeness (QED) is 0.607. The molecule has 1 saturated heterocycles. The molecule has 1 aliphatic heterocycles. The third kappa shape index (κ3) is 3.61. The summed E-state index contributed by atoms with van der Waals surface area (Å²) in [5.41, 5.74) is 7.25. The number of para-hydroxylation sites is 1. The zero-order valence-electron chi connectivity index (χ0n) is 15.2. The van der Waals surface area contributed by atoms with Gasteiger partial charge in [-0.05, 0) is 19.1 Å². The zero-order chi connectivity index (χ0) is 19.7. The molecule has 4 rings (SSSR count). The highest BCUT2D eigenvalue weighted by atomic mass is 35.5. The number of anilines is 3. The highest BCUT2D eigenvalue weighted by molar-refractivity contribution is 6.35. The minimum absolute atomic E-state index is 0.0379. The first-order valence-electron chi connectivity index (χ1n) is 8.83. The van der Waals surface area contributed by atoms with Gasteiger partial charge in [-0.15, -0.1) is 0 Å². The van der Waals surface area contributed by atoms with Gasteiger partial charge in [0, 0.05) is 24.0 Å². The SMILES string of the molecule is CC(Nc1ncnc(N)n1)c1cc2cccc(Cl)c2nc1N1CCNC(=O)C1. The molecule has 0 radical (unpaired) electrons. The van der Waals surface area contributed by atoms with Gasteiger partial charge in [0.25, 0.3) is 0 Å². The first kappa shape index (κ1) is 18.2. The summed E-state index contributed by atoms with van der Waals surface area (Å²) < 4.78 is 0. The van der Waals surface area contributed by atoms with Crippen molar-refractivity contribution in [2.24, 2.45) is 0 Å². The van der Waals surface area contributed by atoms with E-state index >= 15 is 0 Å². The molecule has 1 fully saturated rings. The summed E-state index contributed by atoms with van der Waals surface area (Å²) in [6.45, 7) is 3.43. The molecule has 10 heteroatoms. The van der Waals surface area contributed by atoms with Crippen LogP contribution in [0.4, 0.5) is 17.7 Å². The summed E-state index contributed by atoms with van der Waals surface area (Å²) in [5.74, 6) is 1.18. The first-order valence-corrected chi connectivity index (χ1v) is 9.21. The fourth-order valence-corrected chi connectivity index (χ4v) is 3.43. The number of halogens is 1. The fourth-order valence-electron chi connectivity index (χ4n) is 3.21. The average molecular weight is 399 g/mol. The van der Waals surface area contributed by atoms with Crippen LogP contribution in [0, 0.1) is 0 Å². The third-order valence-corrected chi connectivity index (χ3v) is 4.85. The van der Waals surface area contributed by atoms with Gasteiger partial charge in [-0.1, -0.05) is 23.7 Å². The van der Waals surface area contributed by atoms with Crippen LogP contribution in [0.15, 0.2) is 30.6 Å². The van der Waals surface area contributed by atoms with E-state index in [0.29, 0.717) is 35.4 Å². The summed E-state index contributed by atoms with van der Waals surface area (Å²) in [4.78, 5) is 30.7. The number of carbonyl (C=O) groups is 1. The first-order chi connectivity index (χ1) is 13.5. The second kappa shape index (κ2) is 7.43. The van der Waals surface area contributed by atoms with Crippen LogP contribution in [0.1, 0.15) is 18.5 Å². The lowest BCUT2D eigenvalue weighted by atomic mass is 10.0. The van der Waals surface area contributed by atoms with Crippen LogP contribution in [0.2, 0.25) is 5.02 Å². The number of aromatic nitrogens is 4. The fraction of sp³-hybridized carbons (Fsp3) is 0.278. The summed E-state index contributed by atoms with van der Waals surface area (Å²) in [6, 6.07) is 7.47. The summed E-state index contributed by atoms with van der Waals surface area (Å²) in [7, 11) is 0. The number of benzene rings is 1. The molecule has 0 aliphatic carbocycles. The molecule has 0 saturated carbocycles. The monoisotopic (exact) mass is 398 g/mol. The van der Waals surface area contributed by atoms with Gasteiger partial charge < -0.3 is 21.3 Å². The molecule has 3 aromatic rings. The number of nitrogens with two attached hydrogens (primary N) is 1. The van der Waals surface area contributed by atoms with Gasteiger partial charge >= 0.3 is 0 Å². The zero-order valence-corrected chi connectivity index (χ0v) is 15.9. The maximum absolute atomic E-state index is 11.9. The maximum atomic E-state index is 11.9. The number of pyridine rings is 1. The van der Waals surface area contributed by atoms with Gasteiger partial charge in [0.15, 0.2) is 0 Å². The number of piperazine rings is 1. The Morgan fingerprint density at radius 2 is 2.18 bits per heavy atom. The number of rotatable bonds is 4. The summed E-state index contributed by atoms with van der Waals surface area (Å²) >= 11 is 6.36. The number of amides is 1. The lowest BCUT2D eigenvalue weighted by Crippen LogP contribution is -2.48. The Kier molecular flexibility index (Phi) is 4.82. The molecule has 0 spiro atoms. The molecule has 144 valence electrons. The molecule has 1 aromatic carbocycles. The molecule has 1 atom stereocenters. The number of fused-ring (bicyclic) bond motifs is 1. The largest absolute Gasteiger partial charge is 0.368 e. The topological polar surface area (TPSA) is 122 Å². The lowest BCUT2D eigenvalue weighted by molar-refractivity contribution is -0.120. The molecule has 1 aliphatic rings. The van der Waals surface area contributed by atoms with Gasteiger partial charge in [-0.25, -0.2) is 15.0 Å². The van der Waals surface area contributed by atoms with Crippen molar-refractivity contribution in [3.05, 3.63) is 41.2 Å². The predicted molar refractivity (Wildman–Crippen MR) is 108 cm³/mol. The second-order valence-electron chi connectivity index (χ2n) is 6.52. The molecular formula is C18H19ClN8O. The van der Waals surface area contributed by atoms with E-state index in [0.717, 1.165) is 10.9 Å². The molecular weight excluding hydrogens is 380 g/mol. The van der Waals surface area contributed by atoms with Crippen LogP contribution >= 0.6 is 11.6 Å². The maximum Gasteiger partial charge on any atom is 0.239 e. The van der Waals surface area contributed by atoms with Crippen LogP contribution in [0.25, 0.3) is 10.9 Å². The lowest BCUT2D eigenvalue weighted by Gasteiger charge is -2.31. The van der Waals surface area contributed by atoms with E-state index in [1.807, 2.05) is 30.0 Å². The minimum atomic E-state index is -0.197. The summed E-state index contributed by atoms with van der Waals surface area (Å²) in [6.07, 6.45) is 1.35. The number of hydrogen-bond donors (Lipinski definition) is 3. The Labute approximate surface area is 166 Å². The van der Waals surface area contributed by atoms with E-state index in [4.69, 9.17) is 22.3 Å². The third-order valence-electron chi connectivity index (χ3n) is 4.55. The predicted octanol–water partition coefficient (Wildman–Crippen LogP) is 1.76. The van der Waals surface area contributed by atoms with Crippen molar-refractivity contribution in [1.82, 2.24) is 25.3 Å². The van der Waals surface area contributed by atoms with E-state index in [1.54, 1.807) is 6.07 Å². The minimum Gasteiger partial charge on any atom is -0.368 e. The molecule has 1 unspecified atom stereocenters. The van der Waals surface area contributed by atoms with Crippen molar-refractivity contribution in [3.63, 3.8) is 0 Å². The van der Waals surface area contributed by atoms with E-state index in [-0.39, 0.29) is 24.4 Å². The van der Waals surface area contributed by atoms with Gasteiger partial charge in [-0.3, -0.25) is 4.79 Å². The van der Waals surface area contributed by atoms with Crippen LogP contribution in [-0.4, -0.2) is 45.5 Å². The van der Waals surface area contributed by atoms with Gasteiger partial charge in [0.1, 0.15) is 12.1 Å². The van der Waals surface area contributed by atoms with Crippen molar-refractivity contribution >= 4 is 46.1 Å². The van der Waals surface area contributed by atoms with E-state index in [9.17, 15) is 4.79 Å². The van der Waals surface area contributed by atoms with Crippen molar-refractivity contribution in [1.29, 1.82) is 0 Å². The Hall–Kier alpha value is -3.20. The Balaban J connectivity index is 1.78. The second-order valence-corrected chi connectivity index (χ2v) is 6.92. The Morgan fingerprint density at radius 3 is 2.96 bits per heavy atom. The normalized spacial score (nSPS) is 15.4. The smallest absolute Gasteiger partial charge is 0.239 e. The van der Waals surface area contributed by atoms with Crippen molar-refractivity contribution in [2.45, 2.75) is 13.0 Å². The number of nitrogens with one attached hydrogen (secondary N) is 2. The molecule has 1 amide bonds.